The number of carbonyl (C=O) groups is 1. The molecule has 2 heterocycles. The lowest BCUT2D eigenvalue weighted by molar-refractivity contribution is 0.0747. The fourth-order valence-corrected chi connectivity index (χ4v) is 3.95. The Bertz CT molecular complexity index is 974. The van der Waals surface area contributed by atoms with Crippen LogP contribution >= 0.6 is 11.6 Å². The first kappa shape index (κ1) is 18.6. The molecule has 28 heavy (non-hydrogen) atoms. The summed E-state index contributed by atoms with van der Waals surface area (Å²) in [5, 5.41) is 5.39. The van der Waals surface area contributed by atoms with Crippen molar-refractivity contribution >= 4 is 23.2 Å². The second-order valence-corrected chi connectivity index (χ2v) is 7.49. The molecule has 1 aliphatic heterocycles. The molecule has 4 rings (SSSR count). The monoisotopic (exact) mass is 394 g/mol. The van der Waals surface area contributed by atoms with E-state index in [4.69, 9.17) is 16.7 Å². The zero-order chi connectivity index (χ0) is 19.7. The van der Waals surface area contributed by atoms with Crippen LogP contribution in [0.15, 0.2) is 54.6 Å². The Hall–Kier alpha value is -2.79. The van der Waals surface area contributed by atoms with Crippen molar-refractivity contribution < 1.29 is 4.79 Å². The van der Waals surface area contributed by atoms with Gasteiger partial charge in [0.15, 0.2) is 0 Å². The number of aromatic nitrogens is 2. The lowest BCUT2D eigenvalue weighted by Crippen LogP contribution is -2.49. The molecule has 0 atom stereocenters. The van der Waals surface area contributed by atoms with Crippen LogP contribution < -0.4 is 4.90 Å². The predicted octanol–water partition coefficient (Wildman–Crippen LogP) is 4.10. The van der Waals surface area contributed by atoms with Crippen LogP contribution in [0.4, 0.5) is 5.69 Å². The summed E-state index contributed by atoms with van der Waals surface area (Å²) >= 11 is 5.93. The molecule has 0 spiro atoms. The number of hydrogen-bond donors (Lipinski definition) is 0. The maximum Gasteiger partial charge on any atom is 0.253 e. The molecule has 3 aromatic rings. The van der Waals surface area contributed by atoms with Crippen LogP contribution in [0.1, 0.15) is 21.7 Å². The minimum atomic E-state index is 0.0599. The van der Waals surface area contributed by atoms with Crippen LogP contribution in [-0.4, -0.2) is 46.8 Å². The molecule has 144 valence electrons. The third-order valence-electron chi connectivity index (χ3n) is 5.23. The second kappa shape index (κ2) is 7.68. The molecule has 5 nitrogen and oxygen atoms in total. The summed E-state index contributed by atoms with van der Waals surface area (Å²) in [5.74, 6) is 0.0599. The minimum absolute atomic E-state index is 0.0599. The lowest BCUT2D eigenvalue weighted by atomic mass is 10.1. The average Bonchev–Trinajstić information content (AvgIpc) is 3.03. The van der Waals surface area contributed by atoms with Crippen LogP contribution in [0, 0.1) is 13.8 Å². The molecule has 0 bridgehead atoms. The van der Waals surface area contributed by atoms with E-state index in [9.17, 15) is 4.79 Å². The third kappa shape index (κ3) is 3.50. The first-order chi connectivity index (χ1) is 13.5. The van der Waals surface area contributed by atoms with Gasteiger partial charge in [0.25, 0.3) is 5.91 Å². The number of amides is 1. The zero-order valence-electron chi connectivity index (χ0n) is 16.1. The van der Waals surface area contributed by atoms with Gasteiger partial charge in [-0.15, -0.1) is 0 Å². The molecule has 0 saturated carbocycles. The topological polar surface area (TPSA) is 41.4 Å². The summed E-state index contributed by atoms with van der Waals surface area (Å²) in [6.07, 6.45) is 0. The number of piperazine rings is 1. The number of para-hydroxylation sites is 1. The van der Waals surface area contributed by atoms with E-state index in [1.807, 2.05) is 34.7 Å². The van der Waals surface area contributed by atoms with Crippen molar-refractivity contribution in [3.63, 3.8) is 0 Å². The summed E-state index contributed by atoms with van der Waals surface area (Å²) in [7, 11) is 0. The minimum Gasteiger partial charge on any atom is -0.365 e. The molecule has 1 amide bonds. The first-order valence-corrected chi connectivity index (χ1v) is 9.84. The lowest BCUT2D eigenvalue weighted by Gasteiger charge is -2.36. The van der Waals surface area contributed by atoms with E-state index in [2.05, 4.69) is 24.0 Å². The zero-order valence-corrected chi connectivity index (χ0v) is 16.9. The quantitative estimate of drug-likeness (QED) is 0.671. The Balaban J connectivity index is 1.49. The standard InChI is InChI=1S/C22H23ClN4O/c1-16-21(17(2)27(24-16)20-6-4-3-5-7-20)25-12-14-26(15-13-25)22(28)18-8-10-19(23)11-9-18/h3-11H,12-15H2,1-2H3. The van der Waals surface area contributed by atoms with Crippen molar-refractivity contribution in [2.45, 2.75) is 13.8 Å². The fraction of sp³-hybridized carbons (Fsp3) is 0.273. The molecule has 1 fully saturated rings. The number of nitrogens with zero attached hydrogens (tertiary/aromatic N) is 4. The largest absolute Gasteiger partial charge is 0.365 e. The number of aryl methyl sites for hydroxylation is 1. The number of rotatable bonds is 3. The van der Waals surface area contributed by atoms with Gasteiger partial charge in [0.2, 0.25) is 0 Å². The van der Waals surface area contributed by atoms with Gasteiger partial charge >= 0.3 is 0 Å². The van der Waals surface area contributed by atoms with Crippen LogP contribution in [0.2, 0.25) is 5.02 Å². The molecule has 0 unspecified atom stereocenters. The van der Waals surface area contributed by atoms with Crippen LogP contribution in [0.5, 0.6) is 0 Å². The van der Waals surface area contributed by atoms with Crippen molar-refractivity contribution in [2.75, 3.05) is 31.1 Å². The number of anilines is 1. The second-order valence-electron chi connectivity index (χ2n) is 7.05. The van der Waals surface area contributed by atoms with E-state index in [0.717, 1.165) is 30.2 Å². The fourth-order valence-electron chi connectivity index (χ4n) is 3.82. The predicted molar refractivity (Wildman–Crippen MR) is 113 cm³/mol. The Labute approximate surface area is 170 Å². The van der Waals surface area contributed by atoms with Gasteiger partial charge in [-0.25, -0.2) is 4.68 Å². The SMILES string of the molecule is Cc1nn(-c2ccccc2)c(C)c1N1CCN(C(=O)c2ccc(Cl)cc2)CC1. The van der Waals surface area contributed by atoms with E-state index in [-0.39, 0.29) is 5.91 Å². The van der Waals surface area contributed by atoms with Gasteiger partial charge in [0.1, 0.15) is 0 Å². The van der Waals surface area contributed by atoms with Gasteiger partial charge in [-0.3, -0.25) is 4.79 Å². The number of hydrogen-bond acceptors (Lipinski definition) is 3. The normalized spacial score (nSPS) is 14.4. The van der Waals surface area contributed by atoms with Crippen molar-refractivity contribution in [3.8, 4) is 5.69 Å². The van der Waals surface area contributed by atoms with Crippen molar-refractivity contribution in [2.24, 2.45) is 0 Å². The van der Waals surface area contributed by atoms with Gasteiger partial charge in [-0.05, 0) is 50.2 Å². The van der Waals surface area contributed by atoms with E-state index >= 15 is 0 Å². The van der Waals surface area contributed by atoms with Gasteiger partial charge in [-0.1, -0.05) is 29.8 Å². The summed E-state index contributed by atoms with van der Waals surface area (Å²) < 4.78 is 2.00. The van der Waals surface area contributed by atoms with Crippen LogP contribution in [0.25, 0.3) is 5.69 Å². The van der Waals surface area contributed by atoms with Crippen LogP contribution in [0.3, 0.4) is 0 Å². The molecular formula is C22H23ClN4O. The summed E-state index contributed by atoms with van der Waals surface area (Å²) in [4.78, 5) is 17.0. The van der Waals surface area contributed by atoms with Gasteiger partial charge < -0.3 is 9.80 Å². The molecule has 1 aliphatic rings. The third-order valence-corrected chi connectivity index (χ3v) is 5.48. The molecule has 1 aromatic heterocycles. The molecular weight excluding hydrogens is 372 g/mol. The molecule has 0 radical (unpaired) electrons. The van der Waals surface area contributed by atoms with E-state index in [1.54, 1.807) is 24.3 Å². The van der Waals surface area contributed by atoms with Gasteiger partial charge in [-0.2, -0.15) is 5.10 Å². The highest BCUT2D eigenvalue weighted by Gasteiger charge is 2.26. The Morgan fingerprint density at radius 3 is 2.21 bits per heavy atom. The van der Waals surface area contributed by atoms with Crippen LogP contribution in [-0.2, 0) is 0 Å². The highest BCUT2D eigenvalue weighted by Crippen LogP contribution is 2.28. The summed E-state index contributed by atoms with van der Waals surface area (Å²) in [6.45, 7) is 7.12. The number of benzene rings is 2. The first-order valence-electron chi connectivity index (χ1n) is 9.46. The highest BCUT2D eigenvalue weighted by molar-refractivity contribution is 6.30. The van der Waals surface area contributed by atoms with E-state index < -0.39 is 0 Å². The van der Waals surface area contributed by atoms with E-state index in [1.165, 1.54) is 5.69 Å². The molecule has 6 heteroatoms. The molecule has 0 aliphatic carbocycles. The van der Waals surface area contributed by atoms with Gasteiger partial charge in [0, 0.05) is 36.8 Å². The highest BCUT2D eigenvalue weighted by atomic mass is 35.5. The maximum atomic E-state index is 12.7. The van der Waals surface area contributed by atoms with E-state index in [0.29, 0.717) is 23.7 Å². The Kier molecular flexibility index (Phi) is 5.09. The van der Waals surface area contributed by atoms with Gasteiger partial charge in [0.05, 0.1) is 22.8 Å². The molecule has 0 N–H and O–H groups in total. The number of carbonyl (C=O) groups excluding carboxylic acids is 1. The Morgan fingerprint density at radius 1 is 0.929 bits per heavy atom. The van der Waals surface area contributed by atoms with Crippen molar-refractivity contribution in [3.05, 3.63) is 76.6 Å². The van der Waals surface area contributed by atoms with Crippen molar-refractivity contribution in [1.82, 2.24) is 14.7 Å². The summed E-state index contributed by atoms with van der Waals surface area (Å²) in [5.41, 5.74) is 5.05. The number of halogens is 1. The Morgan fingerprint density at radius 2 is 1.57 bits per heavy atom. The maximum absolute atomic E-state index is 12.7. The molecule has 1 saturated heterocycles. The van der Waals surface area contributed by atoms with Crippen molar-refractivity contribution in [1.29, 1.82) is 0 Å². The average molecular weight is 395 g/mol. The summed E-state index contributed by atoms with van der Waals surface area (Å²) in [6, 6.07) is 17.3. The smallest absolute Gasteiger partial charge is 0.253 e. The molecule has 2 aromatic carbocycles.